The number of likely N-dealkylation sites (tertiary alicyclic amines) is 1. The van der Waals surface area contributed by atoms with Crippen LogP contribution in [-0.2, 0) is 11.2 Å². The number of fused-ring (bicyclic) bond motifs is 1. The van der Waals surface area contributed by atoms with Crippen molar-refractivity contribution >= 4 is 23.4 Å². The Morgan fingerprint density at radius 2 is 1.79 bits per heavy atom. The van der Waals surface area contributed by atoms with Gasteiger partial charge in [0.2, 0.25) is 5.95 Å². The van der Waals surface area contributed by atoms with Gasteiger partial charge < -0.3 is 19.4 Å². The number of hydrogen-bond acceptors (Lipinski definition) is 7. The molecule has 0 aliphatic carbocycles. The number of benzene rings is 1. The van der Waals surface area contributed by atoms with E-state index in [1.165, 1.54) is 0 Å². The molecule has 0 bridgehead atoms. The van der Waals surface area contributed by atoms with Crippen LogP contribution >= 0.6 is 0 Å². The van der Waals surface area contributed by atoms with Gasteiger partial charge in [-0.2, -0.15) is 4.98 Å². The summed E-state index contributed by atoms with van der Waals surface area (Å²) in [5.41, 5.74) is 4.74. The van der Waals surface area contributed by atoms with Crippen LogP contribution in [0.25, 0.3) is 11.3 Å². The predicted octanol–water partition coefficient (Wildman–Crippen LogP) is 3.31. The van der Waals surface area contributed by atoms with Gasteiger partial charge in [-0.3, -0.25) is 9.78 Å². The van der Waals surface area contributed by atoms with E-state index >= 15 is 0 Å². The van der Waals surface area contributed by atoms with Gasteiger partial charge in [0.1, 0.15) is 5.82 Å². The fraction of sp³-hybridized carbons (Fsp3) is 0.385. The van der Waals surface area contributed by atoms with Crippen LogP contribution in [0.15, 0.2) is 48.8 Å². The lowest BCUT2D eigenvalue weighted by Gasteiger charge is -2.28. The molecule has 2 aromatic heterocycles. The number of carbonyl (C=O) groups is 1. The third-order valence-corrected chi connectivity index (χ3v) is 6.84. The summed E-state index contributed by atoms with van der Waals surface area (Å²) >= 11 is 0. The van der Waals surface area contributed by atoms with Crippen LogP contribution in [0.3, 0.4) is 0 Å². The Balaban J connectivity index is 1.44. The second-order valence-corrected chi connectivity index (χ2v) is 8.97. The lowest BCUT2D eigenvalue weighted by Crippen LogP contribution is -2.37. The molecule has 0 unspecified atom stereocenters. The number of morpholine rings is 1. The summed E-state index contributed by atoms with van der Waals surface area (Å²) in [5.74, 6) is 1.75. The van der Waals surface area contributed by atoms with Crippen molar-refractivity contribution in [3.8, 4) is 11.3 Å². The fourth-order valence-electron chi connectivity index (χ4n) is 5.05. The molecular formula is C26H28N6O2. The molecule has 0 saturated carbocycles. The Kier molecular flexibility index (Phi) is 5.58. The van der Waals surface area contributed by atoms with Crippen molar-refractivity contribution in [1.29, 1.82) is 0 Å². The molecule has 2 fully saturated rings. The van der Waals surface area contributed by atoms with Crippen LogP contribution in [0.1, 0.15) is 28.8 Å². The van der Waals surface area contributed by atoms with Crippen LogP contribution in [0, 0.1) is 0 Å². The lowest BCUT2D eigenvalue weighted by molar-refractivity contribution is 0.0793. The number of rotatable bonds is 4. The molecular weight excluding hydrogens is 428 g/mol. The minimum atomic E-state index is 0.107. The van der Waals surface area contributed by atoms with Crippen LogP contribution in [0.5, 0.6) is 0 Å². The van der Waals surface area contributed by atoms with E-state index in [0.717, 1.165) is 85.9 Å². The maximum atomic E-state index is 13.1. The predicted molar refractivity (Wildman–Crippen MR) is 131 cm³/mol. The van der Waals surface area contributed by atoms with E-state index in [2.05, 4.69) is 26.9 Å². The average Bonchev–Trinajstić information content (AvgIpc) is 3.59. The molecule has 5 heterocycles. The van der Waals surface area contributed by atoms with Gasteiger partial charge in [-0.15, -0.1) is 0 Å². The molecule has 0 atom stereocenters. The first-order chi connectivity index (χ1) is 16.8. The molecule has 8 nitrogen and oxygen atoms in total. The number of pyridine rings is 1. The van der Waals surface area contributed by atoms with Gasteiger partial charge in [0.15, 0.2) is 0 Å². The average molecular weight is 457 g/mol. The van der Waals surface area contributed by atoms with Crippen molar-refractivity contribution in [2.75, 3.05) is 55.7 Å². The molecule has 3 aromatic rings. The van der Waals surface area contributed by atoms with Gasteiger partial charge in [0, 0.05) is 55.6 Å². The molecule has 174 valence electrons. The maximum absolute atomic E-state index is 13.1. The Morgan fingerprint density at radius 1 is 0.941 bits per heavy atom. The van der Waals surface area contributed by atoms with E-state index in [1.807, 2.05) is 35.4 Å². The van der Waals surface area contributed by atoms with E-state index in [0.29, 0.717) is 19.2 Å². The molecule has 1 amide bonds. The Labute approximate surface area is 199 Å². The molecule has 2 saturated heterocycles. The highest BCUT2D eigenvalue weighted by Gasteiger charge is 2.29. The number of amides is 1. The molecule has 0 spiro atoms. The lowest BCUT2D eigenvalue weighted by atomic mass is 10.0. The SMILES string of the molecule is O=C(c1cccc(-c2nc(N3CCOCC3)nc3c2CCN3c2cccnc2)c1)N1CCCC1. The second kappa shape index (κ2) is 9.02. The largest absolute Gasteiger partial charge is 0.378 e. The van der Waals surface area contributed by atoms with Crippen LogP contribution in [0.4, 0.5) is 17.5 Å². The van der Waals surface area contributed by atoms with Crippen molar-refractivity contribution in [1.82, 2.24) is 19.9 Å². The summed E-state index contributed by atoms with van der Waals surface area (Å²) in [6, 6.07) is 11.9. The summed E-state index contributed by atoms with van der Waals surface area (Å²) < 4.78 is 5.55. The first-order valence-electron chi connectivity index (χ1n) is 12.1. The summed E-state index contributed by atoms with van der Waals surface area (Å²) in [5, 5.41) is 0. The number of aromatic nitrogens is 3. The minimum absolute atomic E-state index is 0.107. The van der Waals surface area contributed by atoms with Gasteiger partial charge in [-0.1, -0.05) is 12.1 Å². The zero-order valence-electron chi connectivity index (χ0n) is 19.2. The standard InChI is InChI=1S/C26H28N6O2/c33-25(30-10-1-2-11-30)20-6-3-5-19(17-20)23-22-8-12-32(21-7-4-9-27-18-21)24(22)29-26(28-23)31-13-15-34-16-14-31/h3-7,9,17-18H,1-2,8,10-16H2. The van der Waals surface area contributed by atoms with E-state index in [4.69, 9.17) is 14.7 Å². The summed E-state index contributed by atoms with van der Waals surface area (Å²) in [4.78, 5) is 33.8. The van der Waals surface area contributed by atoms with Crippen LogP contribution in [-0.4, -0.2) is 71.7 Å². The zero-order valence-corrected chi connectivity index (χ0v) is 19.2. The molecule has 34 heavy (non-hydrogen) atoms. The molecule has 1 aromatic carbocycles. The molecule has 3 aliphatic heterocycles. The third-order valence-electron chi connectivity index (χ3n) is 6.84. The highest BCUT2D eigenvalue weighted by molar-refractivity contribution is 5.95. The van der Waals surface area contributed by atoms with Crippen molar-refractivity contribution in [2.24, 2.45) is 0 Å². The Hall–Kier alpha value is -3.52. The number of carbonyl (C=O) groups excluding carboxylic acids is 1. The number of hydrogen-bond donors (Lipinski definition) is 0. The van der Waals surface area contributed by atoms with Gasteiger partial charge in [0.25, 0.3) is 5.91 Å². The second-order valence-electron chi connectivity index (χ2n) is 8.97. The smallest absolute Gasteiger partial charge is 0.253 e. The van der Waals surface area contributed by atoms with Gasteiger partial charge in [-0.25, -0.2) is 4.98 Å². The van der Waals surface area contributed by atoms with E-state index in [-0.39, 0.29) is 5.91 Å². The van der Waals surface area contributed by atoms with Crippen molar-refractivity contribution in [2.45, 2.75) is 19.3 Å². The quantitative estimate of drug-likeness (QED) is 0.596. The first kappa shape index (κ1) is 21.0. The molecule has 3 aliphatic rings. The first-order valence-corrected chi connectivity index (χ1v) is 12.1. The van der Waals surface area contributed by atoms with Crippen molar-refractivity contribution < 1.29 is 9.53 Å². The third kappa shape index (κ3) is 3.88. The number of anilines is 3. The van der Waals surface area contributed by atoms with Gasteiger partial charge in [0.05, 0.1) is 30.8 Å². The summed E-state index contributed by atoms with van der Waals surface area (Å²) in [6.07, 6.45) is 6.66. The highest BCUT2D eigenvalue weighted by atomic mass is 16.5. The topological polar surface area (TPSA) is 74.7 Å². The zero-order chi connectivity index (χ0) is 22.9. The summed E-state index contributed by atoms with van der Waals surface area (Å²) in [7, 11) is 0. The Morgan fingerprint density at radius 3 is 2.59 bits per heavy atom. The highest BCUT2D eigenvalue weighted by Crippen LogP contribution is 2.39. The van der Waals surface area contributed by atoms with E-state index in [9.17, 15) is 4.79 Å². The fourth-order valence-corrected chi connectivity index (χ4v) is 5.05. The van der Waals surface area contributed by atoms with Crippen LogP contribution in [0.2, 0.25) is 0 Å². The monoisotopic (exact) mass is 456 g/mol. The van der Waals surface area contributed by atoms with Crippen LogP contribution < -0.4 is 9.80 Å². The molecule has 0 radical (unpaired) electrons. The molecule has 8 heteroatoms. The Bertz CT molecular complexity index is 1190. The van der Waals surface area contributed by atoms with Crippen molar-refractivity contribution in [3.05, 3.63) is 59.9 Å². The number of nitrogens with zero attached hydrogens (tertiary/aromatic N) is 6. The maximum Gasteiger partial charge on any atom is 0.253 e. The van der Waals surface area contributed by atoms with Gasteiger partial charge >= 0.3 is 0 Å². The van der Waals surface area contributed by atoms with E-state index in [1.54, 1.807) is 6.20 Å². The van der Waals surface area contributed by atoms with Gasteiger partial charge in [-0.05, 0) is 43.5 Å². The normalized spacial score (nSPS) is 17.8. The van der Waals surface area contributed by atoms with E-state index < -0.39 is 0 Å². The molecule has 0 N–H and O–H groups in total. The minimum Gasteiger partial charge on any atom is -0.378 e. The molecule has 6 rings (SSSR count). The summed E-state index contributed by atoms with van der Waals surface area (Å²) in [6.45, 7) is 5.36. The van der Waals surface area contributed by atoms with Crippen molar-refractivity contribution in [3.63, 3.8) is 0 Å². The number of ether oxygens (including phenoxy) is 1.